The lowest BCUT2D eigenvalue weighted by molar-refractivity contribution is 0.181. The third-order valence-corrected chi connectivity index (χ3v) is 6.98. The van der Waals surface area contributed by atoms with E-state index in [0.717, 1.165) is 18.8 Å². The summed E-state index contributed by atoms with van der Waals surface area (Å²) in [5.41, 5.74) is 2.22. The second-order valence-corrected chi connectivity index (χ2v) is 8.73. The lowest BCUT2D eigenvalue weighted by Gasteiger charge is -2.33. The molecule has 2 heterocycles. The van der Waals surface area contributed by atoms with Gasteiger partial charge in [0.15, 0.2) is 11.5 Å². The van der Waals surface area contributed by atoms with E-state index in [-0.39, 0.29) is 4.90 Å². The number of ether oxygens (including phenoxy) is 2. The summed E-state index contributed by atoms with van der Waals surface area (Å²) in [6.45, 7) is 7.99. The first kappa shape index (κ1) is 20.6. The minimum atomic E-state index is -3.57. The molecular weight excluding hydrogens is 380 g/mol. The van der Waals surface area contributed by atoms with Crippen molar-refractivity contribution in [2.24, 2.45) is 0 Å². The lowest BCUT2D eigenvalue weighted by atomic mass is 10.2. The van der Waals surface area contributed by atoms with Crippen LogP contribution in [0.2, 0.25) is 0 Å². The van der Waals surface area contributed by atoms with Gasteiger partial charge in [0.05, 0.1) is 24.8 Å². The normalized spacial score (nSPS) is 16.3. The van der Waals surface area contributed by atoms with Crippen LogP contribution in [0, 0.1) is 6.92 Å². The average molecular weight is 409 g/mol. The van der Waals surface area contributed by atoms with Gasteiger partial charge in [-0.05, 0) is 26.0 Å². The van der Waals surface area contributed by atoms with E-state index in [4.69, 9.17) is 9.47 Å². The molecule has 1 aliphatic heterocycles. The van der Waals surface area contributed by atoms with Gasteiger partial charge in [0.2, 0.25) is 10.0 Å². The molecule has 0 saturated carbocycles. The first-order chi connectivity index (χ1) is 13.4. The van der Waals surface area contributed by atoms with Crippen molar-refractivity contribution in [2.75, 3.05) is 40.4 Å². The predicted molar refractivity (Wildman–Crippen MR) is 106 cm³/mol. The zero-order chi connectivity index (χ0) is 20.3. The van der Waals surface area contributed by atoms with Crippen molar-refractivity contribution in [2.45, 2.75) is 31.8 Å². The first-order valence-electron chi connectivity index (χ1n) is 9.36. The Bertz CT molecular complexity index is 918. The van der Waals surface area contributed by atoms with Crippen LogP contribution in [0.3, 0.4) is 0 Å². The molecule has 0 amide bonds. The van der Waals surface area contributed by atoms with E-state index in [9.17, 15) is 8.42 Å². The smallest absolute Gasteiger partial charge is 0.243 e. The Morgan fingerprint density at radius 1 is 1.07 bits per heavy atom. The minimum absolute atomic E-state index is 0.221. The highest BCUT2D eigenvalue weighted by molar-refractivity contribution is 7.89. The third kappa shape index (κ3) is 4.16. The van der Waals surface area contributed by atoms with Crippen molar-refractivity contribution in [3.05, 3.63) is 35.7 Å². The van der Waals surface area contributed by atoms with Crippen LogP contribution in [-0.2, 0) is 23.1 Å². The Balaban J connectivity index is 1.67. The number of sulfonamides is 1. The topological polar surface area (TPSA) is 76.9 Å². The molecule has 0 N–H and O–H groups in total. The molecule has 1 saturated heterocycles. The van der Waals surface area contributed by atoms with E-state index in [1.165, 1.54) is 30.2 Å². The van der Waals surface area contributed by atoms with Crippen LogP contribution in [0.4, 0.5) is 0 Å². The van der Waals surface area contributed by atoms with Crippen molar-refractivity contribution >= 4 is 10.0 Å². The Morgan fingerprint density at radius 3 is 2.32 bits per heavy atom. The highest BCUT2D eigenvalue weighted by Gasteiger charge is 2.29. The monoisotopic (exact) mass is 408 g/mol. The summed E-state index contributed by atoms with van der Waals surface area (Å²) in [6, 6.07) is 4.70. The van der Waals surface area contributed by atoms with Crippen LogP contribution in [-0.4, -0.2) is 67.8 Å². The maximum absolute atomic E-state index is 13.0. The van der Waals surface area contributed by atoms with E-state index < -0.39 is 10.0 Å². The summed E-state index contributed by atoms with van der Waals surface area (Å²) in [6.07, 6.45) is 2.07. The van der Waals surface area contributed by atoms with Gasteiger partial charge < -0.3 is 9.47 Å². The zero-order valence-electron chi connectivity index (χ0n) is 16.9. The molecule has 0 unspecified atom stereocenters. The number of hydrogen-bond donors (Lipinski definition) is 0. The standard InChI is InChI=1S/C19H28N4O4S/c1-5-22-14-16(15(2)20-22)13-21-8-10-23(11-9-21)28(24,25)17-6-7-18(26-3)19(12-17)27-4/h6-7,12,14H,5,8-11,13H2,1-4H3. The summed E-state index contributed by atoms with van der Waals surface area (Å²) in [5, 5.41) is 4.48. The summed E-state index contributed by atoms with van der Waals surface area (Å²) < 4.78 is 39.9. The second kappa shape index (κ2) is 8.50. The van der Waals surface area contributed by atoms with Crippen LogP contribution in [0.1, 0.15) is 18.2 Å². The second-order valence-electron chi connectivity index (χ2n) is 6.79. The van der Waals surface area contributed by atoms with E-state index in [1.807, 2.05) is 11.6 Å². The van der Waals surface area contributed by atoms with E-state index in [2.05, 4.69) is 23.1 Å². The molecule has 1 fully saturated rings. The zero-order valence-corrected chi connectivity index (χ0v) is 17.7. The predicted octanol–water partition coefficient (Wildman–Crippen LogP) is 1.74. The molecule has 0 atom stereocenters. The highest BCUT2D eigenvalue weighted by atomic mass is 32.2. The summed E-state index contributed by atoms with van der Waals surface area (Å²) in [7, 11) is -0.549. The molecule has 0 radical (unpaired) electrons. The molecule has 2 aromatic rings. The third-order valence-electron chi connectivity index (χ3n) is 5.09. The van der Waals surface area contributed by atoms with Crippen LogP contribution >= 0.6 is 0 Å². The molecule has 154 valence electrons. The molecular formula is C19H28N4O4S. The number of aromatic nitrogens is 2. The SMILES string of the molecule is CCn1cc(CN2CCN(S(=O)(=O)c3ccc(OC)c(OC)c3)CC2)c(C)n1. The molecule has 0 bridgehead atoms. The van der Waals surface area contributed by atoms with E-state index >= 15 is 0 Å². The van der Waals surface area contributed by atoms with E-state index in [1.54, 1.807) is 12.1 Å². The van der Waals surface area contributed by atoms with Gasteiger partial charge in [-0.1, -0.05) is 0 Å². The molecule has 0 spiro atoms. The number of nitrogens with zero attached hydrogens (tertiary/aromatic N) is 4. The summed E-state index contributed by atoms with van der Waals surface area (Å²) >= 11 is 0. The van der Waals surface area contributed by atoms with Crippen molar-refractivity contribution in [3.63, 3.8) is 0 Å². The van der Waals surface area contributed by atoms with Crippen molar-refractivity contribution < 1.29 is 17.9 Å². The quantitative estimate of drug-likeness (QED) is 0.695. The van der Waals surface area contributed by atoms with Gasteiger partial charge >= 0.3 is 0 Å². The Morgan fingerprint density at radius 2 is 1.75 bits per heavy atom. The van der Waals surface area contributed by atoms with Crippen LogP contribution in [0.15, 0.2) is 29.3 Å². The van der Waals surface area contributed by atoms with Crippen LogP contribution in [0.25, 0.3) is 0 Å². The van der Waals surface area contributed by atoms with Gasteiger partial charge in [0.1, 0.15) is 0 Å². The van der Waals surface area contributed by atoms with Crippen molar-refractivity contribution in [3.8, 4) is 11.5 Å². The Kier molecular flexibility index (Phi) is 6.26. The maximum Gasteiger partial charge on any atom is 0.243 e. The fraction of sp³-hybridized carbons (Fsp3) is 0.526. The van der Waals surface area contributed by atoms with Gasteiger partial charge in [0, 0.05) is 57.1 Å². The maximum atomic E-state index is 13.0. The number of hydrogen-bond acceptors (Lipinski definition) is 6. The average Bonchev–Trinajstić information content (AvgIpc) is 3.07. The number of piperazine rings is 1. The number of benzene rings is 1. The minimum Gasteiger partial charge on any atom is -0.493 e. The van der Waals surface area contributed by atoms with Crippen LogP contribution < -0.4 is 9.47 Å². The molecule has 28 heavy (non-hydrogen) atoms. The van der Waals surface area contributed by atoms with Gasteiger partial charge in [-0.3, -0.25) is 9.58 Å². The Hall–Kier alpha value is -2.10. The largest absolute Gasteiger partial charge is 0.493 e. The summed E-state index contributed by atoms with van der Waals surface area (Å²) in [4.78, 5) is 2.49. The fourth-order valence-electron chi connectivity index (χ4n) is 3.37. The fourth-order valence-corrected chi connectivity index (χ4v) is 4.81. The number of rotatable bonds is 7. The van der Waals surface area contributed by atoms with Gasteiger partial charge in [-0.25, -0.2) is 8.42 Å². The molecule has 8 nitrogen and oxygen atoms in total. The summed E-state index contributed by atoms with van der Waals surface area (Å²) in [5.74, 6) is 0.917. The first-order valence-corrected chi connectivity index (χ1v) is 10.8. The van der Waals surface area contributed by atoms with Crippen LogP contribution in [0.5, 0.6) is 11.5 Å². The van der Waals surface area contributed by atoms with Gasteiger partial charge in [-0.2, -0.15) is 9.40 Å². The Labute approximate surface area is 166 Å². The molecule has 1 aliphatic rings. The number of methoxy groups -OCH3 is 2. The molecule has 1 aromatic carbocycles. The molecule has 9 heteroatoms. The van der Waals surface area contributed by atoms with Gasteiger partial charge in [0.25, 0.3) is 0 Å². The molecule has 0 aliphatic carbocycles. The molecule has 3 rings (SSSR count). The number of aryl methyl sites for hydroxylation is 2. The highest BCUT2D eigenvalue weighted by Crippen LogP contribution is 2.31. The van der Waals surface area contributed by atoms with E-state index in [0.29, 0.717) is 37.7 Å². The van der Waals surface area contributed by atoms with Gasteiger partial charge in [-0.15, -0.1) is 0 Å². The lowest BCUT2D eigenvalue weighted by Crippen LogP contribution is -2.48. The van der Waals surface area contributed by atoms with Crippen molar-refractivity contribution in [1.82, 2.24) is 19.0 Å². The molecule has 1 aromatic heterocycles. The van der Waals surface area contributed by atoms with Crippen molar-refractivity contribution in [1.29, 1.82) is 0 Å².